The molecule has 0 unspecified atom stereocenters. The summed E-state index contributed by atoms with van der Waals surface area (Å²) in [5.74, 6) is 3.27. The van der Waals surface area contributed by atoms with Crippen LogP contribution < -0.4 is 10.1 Å². The largest absolute Gasteiger partial charge is 0.497 e. The highest BCUT2D eigenvalue weighted by atomic mass is 32.1. The van der Waals surface area contributed by atoms with Crippen molar-refractivity contribution in [3.8, 4) is 16.3 Å². The van der Waals surface area contributed by atoms with Crippen LogP contribution in [-0.4, -0.2) is 23.2 Å². The molecule has 4 saturated carbocycles. The summed E-state index contributed by atoms with van der Waals surface area (Å²) in [6.45, 7) is 0. The van der Waals surface area contributed by atoms with Crippen molar-refractivity contribution in [3.63, 3.8) is 0 Å². The lowest BCUT2D eigenvalue weighted by Crippen LogP contribution is -2.51. The Bertz CT molecular complexity index is 795. The highest BCUT2D eigenvalue weighted by Crippen LogP contribution is 2.60. The Morgan fingerprint density at radius 2 is 1.69 bits per heavy atom. The summed E-state index contributed by atoms with van der Waals surface area (Å²) in [5.41, 5.74) is 0.833. The molecule has 0 radical (unpaired) electrons. The number of nitrogens with zero attached hydrogens (tertiary/aromatic N) is 2. The fourth-order valence-corrected chi connectivity index (χ4v) is 6.49. The molecule has 5 nitrogen and oxygen atoms in total. The molecule has 26 heavy (non-hydrogen) atoms. The van der Waals surface area contributed by atoms with Gasteiger partial charge in [-0.1, -0.05) is 11.3 Å². The van der Waals surface area contributed by atoms with Crippen molar-refractivity contribution in [2.75, 3.05) is 12.4 Å². The monoisotopic (exact) mass is 369 g/mol. The summed E-state index contributed by atoms with van der Waals surface area (Å²) in [6.07, 6.45) is 7.21. The fourth-order valence-electron chi connectivity index (χ4n) is 5.74. The minimum absolute atomic E-state index is 0.152. The molecule has 1 heterocycles. The third-order valence-electron chi connectivity index (χ3n) is 6.50. The molecule has 1 N–H and O–H groups in total. The summed E-state index contributed by atoms with van der Waals surface area (Å²) in [4.78, 5) is 13.1. The maximum Gasteiger partial charge on any atom is 0.232 e. The molecule has 6 rings (SSSR count). The number of ether oxygens (including phenoxy) is 1. The molecule has 4 aliphatic carbocycles. The molecule has 0 atom stereocenters. The van der Waals surface area contributed by atoms with E-state index in [-0.39, 0.29) is 11.3 Å². The summed E-state index contributed by atoms with van der Waals surface area (Å²) in [5, 5.41) is 13.0. The van der Waals surface area contributed by atoms with Crippen LogP contribution in [0.3, 0.4) is 0 Å². The van der Waals surface area contributed by atoms with E-state index < -0.39 is 0 Å². The molecule has 0 spiro atoms. The van der Waals surface area contributed by atoms with Crippen molar-refractivity contribution in [3.05, 3.63) is 24.3 Å². The molecule has 4 bridgehead atoms. The average Bonchev–Trinajstić information content (AvgIpc) is 3.09. The van der Waals surface area contributed by atoms with Crippen molar-refractivity contribution < 1.29 is 9.53 Å². The van der Waals surface area contributed by atoms with Gasteiger partial charge < -0.3 is 10.1 Å². The highest BCUT2D eigenvalue weighted by Gasteiger charge is 2.54. The van der Waals surface area contributed by atoms with Crippen molar-refractivity contribution in [1.29, 1.82) is 0 Å². The topological polar surface area (TPSA) is 64.1 Å². The van der Waals surface area contributed by atoms with E-state index in [0.29, 0.717) is 5.13 Å². The van der Waals surface area contributed by atoms with Crippen LogP contribution in [0, 0.1) is 23.2 Å². The number of hydrogen-bond donors (Lipinski definition) is 1. The van der Waals surface area contributed by atoms with E-state index in [0.717, 1.165) is 53.3 Å². The first-order valence-electron chi connectivity index (χ1n) is 9.43. The van der Waals surface area contributed by atoms with Gasteiger partial charge in [0.25, 0.3) is 0 Å². The molecule has 2 aromatic rings. The van der Waals surface area contributed by atoms with E-state index in [2.05, 4.69) is 15.5 Å². The van der Waals surface area contributed by atoms with Crippen LogP contribution in [-0.2, 0) is 4.79 Å². The van der Waals surface area contributed by atoms with Crippen LogP contribution >= 0.6 is 11.3 Å². The van der Waals surface area contributed by atoms with Crippen molar-refractivity contribution in [1.82, 2.24) is 10.2 Å². The molecule has 6 heteroatoms. The van der Waals surface area contributed by atoms with Gasteiger partial charge in [-0.2, -0.15) is 0 Å². The van der Waals surface area contributed by atoms with E-state index >= 15 is 0 Å². The van der Waals surface area contributed by atoms with Crippen LogP contribution in [0.2, 0.25) is 0 Å². The van der Waals surface area contributed by atoms with Gasteiger partial charge in [0.05, 0.1) is 12.5 Å². The highest BCUT2D eigenvalue weighted by molar-refractivity contribution is 7.18. The molecule has 1 aromatic carbocycles. The van der Waals surface area contributed by atoms with Gasteiger partial charge in [0.2, 0.25) is 11.0 Å². The number of hydrogen-bond acceptors (Lipinski definition) is 5. The molecule has 0 aliphatic heterocycles. The number of methoxy groups -OCH3 is 1. The summed E-state index contributed by atoms with van der Waals surface area (Å²) in [6, 6.07) is 7.74. The van der Waals surface area contributed by atoms with Crippen LogP contribution in [0.15, 0.2) is 24.3 Å². The first-order chi connectivity index (χ1) is 12.6. The number of nitrogens with one attached hydrogen (secondary N) is 1. The first-order valence-corrected chi connectivity index (χ1v) is 10.2. The number of anilines is 1. The standard InChI is InChI=1S/C20H23N3O2S/c1-25-16-4-2-15(3-5-16)17-22-23-19(26-17)21-18(24)20-9-12-6-13(10-20)8-14(7-12)11-20/h2-5,12-14H,6-11H2,1H3,(H,21,23,24). The van der Waals surface area contributed by atoms with E-state index in [1.165, 1.54) is 30.6 Å². The van der Waals surface area contributed by atoms with E-state index in [1.54, 1.807) is 7.11 Å². The number of amides is 1. The number of benzene rings is 1. The Kier molecular flexibility index (Phi) is 3.78. The molecule has 1 amide bonds. The second-order valence-corrected chi connectivity index (χ2v) is 9.27. The lowest BCUT2D eigenvalue weighted by atomic mass is 9.49. The van der Waals surface area contributed by atoms with Crippen molar-refractivity contribution >= 4 is 22.4 Å². The second-order valence-electron chi connectivity index (χ2n) is 8.29. The molecule has 0 saturated heterocycles. The van der Waals surface area contributed by atoms with Gasteiger partial charge in [-0.3, -0.25) is 4.79 Å². The van der Waals surface area contributed by atoms with E-state index in [9.17, 15) is 4.79 Å². The van der Waals surface area contributed by atoms with E-state index in [1.807, 2.05) is 24.3 Å². The van der Waals surface area contributed by atoms with Crippen LogP contribution in [0.5, 0.6) is 5.75 Å². The predicted octanol–water partition coefficient (Wildman–Crippen LogP) is 4.37. The average molecular weight is 369 g/mol. The van der Waals surface area contributed by atoms with Gasteiger partial charge >= 0.3 is 0 Å². The number of carbonyl (C=O) groups excluding carboxylic acids is 1. The van der Waals surface area contributed by atoms with Gasteiger partial charge in [-0.05, 0) is 80.5 Å². The summed E-state index contributed by atoms with van der Waals surface area (Å²) in [7, 11) is 1.65. The zero-order valence-corrected chi connectivity index (χ0v) is 15.7. The Labute approximate surface area is 157 Å². The zero-order chi connectivity index (χ0) is 17.7. The quantitative estimate of drug-likeness (QED) is 0.869. The lowest BCUT2D eigenvalue weighted by molar-refractivity contribution is -0.140. The van der Waals surface area contributed by atoms with Crippen LogP contribution in [0.25, 0.3) is 10.6 Å². The molecule has 1 aromatic heterocycles. The smallest absolute Gasteiger partial charge is 0.232 e. The summed E-state index contributed by atoms with van der Waals surface area (Å²) < 4.78 is 5.19. The number of carbonyl (C=O) groups is 1. The van der Waals surface area contributed by atoms with Crippen LogP contribution in [0.4, 0.5) is 5.13 Å². The number of aromatic nitrogens is 2. The minimum atomic E-state index is -0.152. The van der Waals surface area contributed by atoms with E-state index in [4.69, 9.17) is 4.74 Å². The predicted molar refractivity (Wildman–Crippen MR) is 101 cm³/mol. The normalized spacial score (nSPS) is 31.8. The van der Waals surface area contributed by atoms with Gasteiger partial charge in [0.15, 0.2) is 0 Å². The van der Waals surface area contributed by atoms with Gasteiger partial charge in [-0.25, -0.2) is 0 Å². The molecule has 4 aliphatic rings. The number of rotatable bonds is 4. The van der Waals surface area contributed by atoms with Gasteiger partial charge in [0.1, 0.15) is 10.8 Å². The molecule has 4 fully saturated rings. The minimum Gasteiger partial charge on any atom is -0.497 e. The van der Waals surface area contributed by atoms with Gasteiger partial charge in [-0.15, -0.1) is 10.2 Å². The fraction of sp³-hybridized carbons (Fsp3) is 0.550. The Hall–Kier alpha value is -1.95. The SMILES string of the molecule is COc1ccc(-c2nnc(NC(=O)C34CC5CC(CC(C5)C3)C4)s2)cc1. The Morgan fingerprint density at radius 1 is 1.08 bits per heavy atom. The Balaban J connectivity index is 1.32. The first kappa shape index (κ1) is 16.2. The van der Waals surface area contributed by atoms with Gasteiger partial charge in [0, 0.05) is 5.56 Å². The Morgan fingerprint density at radius 3 is 2.27 bits per heavy atom. The summed E-state index contributed by atoms with van der Waals surface area (Å²) >= 11 is 1.44. The third-order valence-corrected chi connectivity index (χ3v) is 7.39. The van der Waals surface area contributed by atoms with Crippen LogP contribution in [0.1, 0.15) is 38.5 Å². The van der Waals surface area contributed by atoms with Crippen molar-refractivity contribution in [2.24, 2.45) is 23.2 Å². The molecule has 136 valence electrons. The lowest BCUT2D eigenvalue weighted by Gasteiger charge is -2.55. The third kappa shape index (κ3) is 2.71. The second kappa shape index (κ2) is 6.05. The molecular weight excluding hydrogens is 346 g/mol. The van der Waals surface area contributed by atoms with Crippen molar-refractivity contribution in [2.45, 2.75) is 38.5 Å². The maximum atomic E-state index is 13.1. The maximum absolute atomic E-state index is 13.1. The zero-order valence-electron chi connectivity index (χ0n) is 14.9. The molecular formula is C20H23N3O2S.